The van der Waals surface area contributed by atoms with Crippen LogP contribution in [0.1, 0.15) is 6.92 Å². The second-order valence-corrected chi connectivity index (χ2v) is 4.85. The first kappa shape index (κ1) is 14.0. The van der Waals surface area contributed by atoms with Crippen LogP contribution in [0.15, 0.2) is 24.5 Å². The van der Waals surface area contributed by atoms with E-state index in [4.69, 9.17) is 27.9 Å². The predicted octanol–water partition coefficient (Wildman–Crippen LogP) is 3.64. The third-order valence-corrected chi connectivity index (χ3v) is 3.42. The molecule has 0 amide bonds. The minimum atomic E-state index is -0.522. The molecule has 0 fully saturated rings. The van der Waals surface area contributed by atoms with Crippen molar-refractivity contribution in [1.82, 2.24) is 19.6 Å². The van der Waals surface area contributed by atoms with E-state index in [1.165, 1.54) is 23.0 Å². The van der Waals surface area contributed by atoms with Gasteiger partial charge in [-0.1, -0.05) is 29.3 Å². The summed E-state index contributed by atoms with van der Waals surface area (Å²) in [6, 6.07) is 4.37. The molecule has 0 aliphatic rings. The molecular formula is C13H9Cl2FN4O. The Morgan fingerprint density at radius 2 is 2.10 bits per heavy atom. The Morgan fingerprint density at radius 1 is 1.29 bits per heavy atom. The number of hydrogen-bond donors (Lipinski definition) is 0. The van der Waals surface area contributed by atoms with Crippen molar-refractivity contribution >= 4 is 29.0 Å². The highest BCUT2D eigenvalue weighted by molar-refractivity contribution is 6.36. The minimum absolute atomic E-state index is 0.0472. The first-order valence-corrected chi connectivity index (χ1v) is 6.85. The van der Waals surface area contributed by atoms with E-state index < -0.39 is 5.82 Å². The average Bonchev–Trinajstić information content (AvgIpc) is 2.89. The monoisotopic (exact) mass is 326 g/mol. The first-order valence-electron chi connectivity index (χ1n) is 6.10. The maximum Gasteiger partial charge on any atom is 0.256 e. The lowest BCUT2D eigenvalue weighted by Gasteiger charge is -2.14. The van der Waals surface area contributed by atoms with Crippen molar-refractivity contribution in [3.8, 4) is 17.0 Å². The average molecular weight is 327 g/mol. The van der Waals surface area contributed by atoms with Crippen LogP contribution < -0.4 is 4.74 Å². The molecule has 0 spiro atoms. The van der Waals surface area contributed by atoms with E-state index in [1.807, 2.05) is 0 Å². The Balaban J connectivity index is 2.40. The minimum Gasteiger partial charge on any atom is -0.477 e. The second kappa shape index (κ2) is 5.46. The predicted molar refractivity (Wildman–Crippen MR) is 77.4 cm³/mol. The molecule has 0 atom stereocenters. The smallest absolute Gasteiger partial charge is 0.256 e. The van der Waals surface area contributed by atoms with Gasteiger partial charge in [-0.05, 0) is 19.1 Å². The zero-order valence-electron chi connectivity index (χ0n) is 10.8. The lowest BCUT2D eigenvalue weighted by molar-refractivity contribution is 0.318. The van der Waals surface area contributed by atoms with Gasteiger partial charge in [0.15, 0.2) is 0 Å². The van der Waals surface area contributed by atoms with Crippen LogP contribution in [0.2, 0.25) is 10.2 Å². The molecule has 0 saturated carbocycles. The summed E-state index contributed by atoms with van der Waals surface area (Å²) in [6.45, 7) is 2.14. The van der Waals surface area contributed by atoms with Gasteiger partial charge >= 0.3 is 0 Å². The summed E-state index contributed by atoms with van der Waals surface area (Å²) in [5.74, 6) is -0.0109. The Kier molecular flexibility index (Phi) is 3.65. The molecule has 2 aromatic heterocycles. The van der Waals surface area contributed by atoms with Gasteiger partial charge in [0.05, 0.1) is 17.2 Å². The Bertz CT molecular complexity index is 801. The first-order chi connectivity index (χ1) is 10.1. The molecule has 0 unspecified atom stereocenters. The van der Waals surface area contributed by atoms with Crippen LogP contribution in [0.25, 0.3) is 16.9 Å². The Morgan fingerprint density at radius 3 is 2.81 bits per heavy atom. The normalized spacial score (nSPS) is 11.0. The summed E-state index contributed by atoms with van der Waals surface area (Å²) in [5.41, 5.74) is 0.372. The number of aromatic nitrogens is 4. The van der Waals surface area contributed by atoms with Crippen molar-refractivity contribution in [2.75, 3.05) is 6.61 Å². The van der Waals surface area contributed by atoms with E-state index in [-0.39, 0.29) is 33.0 Å². The maximum absolute atomic E-state index is 14.2. The lowest BCUT2D eigenvalue weighted by Crippen LogP contribution is -2.05. The Labute approximate surface area is 129 Å². The van der Waals surface area contributed by atoms with Gasteiger partial charge in [0.25, 0.3) is 5.78 Å². The number of fused-ring (bicyclic) bond motifs is 1. The van der Waals surface area contributed by atoms with Crippen molar-refractivity contribution in [3.05, 3.63) is 40.5 Å². The number of halogens is 3. The van der Waals surface area contributed by atoms with Crippen LogP contribution in [-0.4, -0.2) is 26.2 Å². The van der Waals surface area contributed by atoms with E-state index in [1.54, 1.807) is 13.0 Å². The molecule has 21 heavy (non-hydrogen) atoms. The number of rotatable bonds is 3. The van der Waals surface area contributed by atoms with Gasteiger partial charge in [-0.25, -0.2) is 4.39 Å². The summed E-state index contributed by atoms with van der Waals surface area (Å²) in [5, 5.41) is 4.27. The van der Waals surface area contributed by atoms with E-state index in [0.717, 1.165) is 0 Å². The largest absolute Gasteiger partial charge is 0.477 e. The highest BCUT2D eigenvalue weighted by atomic mass is 35.5. The quantitative estimate of drug-likeness (QED) is 0.689. The molecule has 0 N–H and O–H groups in total. The van der Waals surface area contributed by atoms with E-state index >= 15 is 0 Å². The molecule has 5 nitrogen and oxygen atoms in total. The fraction of sp³-hybridized carbons (Fsp3) is 0.154. The van der Waals surface area contributed by atoms with Gasteiger partial charge in [-0.3, -0.25) is 0 Å². The molecule has 3 aromatic rings. The van der Waals surface area contributed by atoms with Gasteiger partial charge in [0.2, 0.25) is 5.88 Å². The van der Waals surface area contributed by atoms with Crippen LogP contribution >= 0.6 is 23.2 Å². The van der Waals surface area contributed by atoms with Crippen LogP contribution in [0.3, 0.4) is 0 Å². The van der Waals surface area contributed by atoms with E-state index in [2.05, 4.69) is 15.1 Å². The zero-order chi connectivity index (χ0) is 15.0. The number of benzene rings is 1. The molecule has 0 bridgehead atoms. The van der Waals surface area contributed by atoms with Crippen molar-refractivity contribution in [1.29, 1.82) is 0 Å². The summed E-state index contributed by atoms with van der Waals surface area (Å²) in [7, 11) is 0. The standard InChI is InChI=1S/C13H9Cl2FN4O/c1-2-21-12-10(9-7(14)4-3-5-8(9)16)11(15)19-13-17-6-18-20(12)13/h3-6H,2H2,1H3. The summed E-state index contributed by atoms with van der Waals surface area (Å²) in [4.78, 5) is 8.04. The van der Waals surface area contributed by atoms with Gasteiger partial charge in [-0.15, -0.1) is 0 Å². The van der Waals surface area contributed by atoms with Gasteiger partial charge in [0.1, 0.15) is 17.3 Å². The topological polar surface area (TPSA) is 52.3 Å². The SMILES string of the molecule is CCOc1c(-c2c(F)cccc2Cl)c(Cl)nc2ncnn12. The highest BCUT2D eigenvalue weighted by Crippen LogP contribution is 2.40. The zero-order valence-corrected chi connectivity index (χ0v) is 12.4. The molecule has 0 saturated heterocycles. The van der Waals surface area contributed by atoms with Gasteiger partial charge in [0, 0.05) is 5.56 Å². The maximum atomic E-state index is 14.2. The van der Waals surface area contributed by atoms with Crippen molar-refractivity contribution in [2.24, 2.45) is 0 Å². The molecule has 108 valence electrons. The molecular weight excluding hydrogens is 318 g/mol. The number of hydrogen-bond acceptors (Lipinski definition) is 4. The van der Waals surface area contributed by atoms with Crippen molar-refractivity contribution < 1.29 is 9.13 Å². The molecule has 2 heterocycles. The second-order valence-electron chi connectivity index (χ2n) is 4.08. The molecule has 8 heteroatoms. The summed E-state index contributed by atoms with van der Waals surface area (Å²) in [6.07, 6.45) is 1.31. The van der Waals surface area contributed by atoms with Crippen LogP contribution in [0.4, 0.5) is 4.39 Å². The number of ether oxygens (including phenoxy) is 1. The van der Waals surface area contributed by atoms with Crippen LogP contribution in [0, 0.1) is 5.82 Å². The van der Waals surface area contributed by atoms with Gasteiger partial charge < -0.3 is 4.74 Å². The number of nitrogens with zero attached hydrogens (tertiary/aromatic N) is 4. The molecule has 0 radical (unpaired) electrons. The summed E-state index contributed by atoms with van der Waals surface area (Å²) >= 11 is 12.3. The third kappa shape index (κ3) is 2.30. The van der Waals surface area contributed by atoms with E-state index in [9.17, 15) is 4.39 Å². The molecule has 0 aliphatic heterocycles. The molecule has 3 rings (SSSR count). The fourth-order valence-electron chi connectivity index (χ4n) is 2.01. The van der Waals surface area contributed by atoms with Crippen molar-refractivity contribution in [3.63, 3.8) is 0 Å². The van der Waals surface area contributed by atoms with Gasteiger partial charge in [-0.2, -0.15) is 19.6 Å². The lowest BCUT2D eigenvalue weighted by atomic mass is 10.1. The fourth-order valence-corrected chi connectivity index (χ4v) is 2.52. The van der Waals surface area contributed by atoms with Crippen molar-refractivity contribution in [2.45, 2.75) is 6.92 Å². The van der Waals surface area contributed by atoms with Crippen LogP contribution in [-0.2, 0) is 0 Å². The van der Waals surface area contributed by atoms with Crippen LogP contribution in [0.5, 0.6) is 5.88 Å². The summed E-state index contributed by atoms with van der Waals surface area (Å²) < 4.78 is 21.1. The highest BCUT2D eigenvalue weighted by Gasteiger charge is 2.23. The molecule has 1 aromatic carbocycles. The Hall–Kier alpha value is -1.92. The third-order valence-electron chi connectivity index (χ3n) is 2.83. The van der Waals surface area contributed by atoms with E-state index in [0.29, 0.717) is 6.61 Å². The molecule has 0 aliphatic carbocycles.